The van der Waals surface area contributed by atoms with Gasteiger partial charge in [-0.1, -0.05) is 12.5 Å². The molecule has 0 N–H and O–H groups in total. The van der Waals surface area contributed by atoms with Crippen molar-refractivity contribution in [2.75, 3.05) is 42.3 Å². The number of unbranched alkanes of at least 4 members (excludes halogenated alkanes) is 2. The Morgan fingerprint density at radius 2 is 1.31 bits per heavy atom. The van der Waals surface area contributed by atoms with Gasteiger partial charge in [-0.15, -0.1) is 6.58 Å². The fraction of sp³-hybridized carbons (Fsp3) is 0.833. The van der Waals surface area contributed by atoms with E-state index in [9.17, 15) is 0 Å². The Hall–Kier alpha value is -0.163. The quantitative estimate of drug-likeness (QED) is 0.367. The van der Waals surface area contributed by atoms with Crippen molar-refractivity contribution in [3.8, 4) is 0 Å². The van der Waals surface area contributed by atoms with E-state index < -0.39 is 8.56 Å². The number of nitrogens with zero attached hydrogens (tertiary/aromatic N) is 3. The average Bonchev–Trinajstić information content (AvgIpc) is 2.16. The molecule has 0 aromatic carbocycles. The first-order chi connectivity index (χ1) is 7.39. The topological polar surface area (TPSA) is 9.72 Å². The van der Waals surface area contributed by atoms with E-state index >= 15 is 0 Å². The van der Waals surface area contributed by atoms with E-state index in [0.717, 1.165) is 6.42 Å². The summed E-state index contributed by atoms with van der Waals surface area (Å²) in [6.45, 7) is 3.78. The Bertz CT molecular complexity index is 181. The van der Waals surface area contributed by atoms with Crippen molar-refractivity contribution in [1.29, 1.82) is 0 Å². The largest absolute Gasteiger partial charge is 0.305 e. The van der Waals surface area contributed by atoms with Crippen LogP contribution in [0.3, 0.4) is 0 Å². The highest BCUT2D eigenvalue weighted by Crippen LogP contribution is 2.21. The molecule has 96 valence electrons. The molecule has 0 unspecified atom stereocenters. The Morgan fingerprint density at radius 3 is 1.62 bits per heavy atom. The van der Waals surface area contributed by atoms with Crippen LogP contribution in [0.15, 0.2) is 12.7 Å². The molecule has 0 aliphatic carbocycles. The summed E-state index contributed by atoms with van der Waals surface area (Å²) >= 11 is 0. The number of allylic oxidation sites excluding steroid dienone is 1. The van der Waals surface area contributed by atoms with Crippen molar-refractivity contribution < 1.29 is 0 Å². The van der Waals surface area contributed by atoms with Crippen LogP contribution in [0, 0.1) is 0 Å². The molecule has 0 fully saturated rings. The molecule has 0 aliphatic rings. The molecule has 0 spiro atoms. The van der Waals surface area contributed by atoms with Crippen LogP contribution in [0.1, 0.15) is 19.3 Å². The van der Waals surface area contributed by atoms with Gasteiger partial charge in [-0.3, -0.25) is 0 Å². The highest BCUT2D eigenvalue weighted by molar-refractivity contribution is 6.71. The van der Waals surface area contributed by atoms with Gasteiger partial charge in [-0.25, -0.2) is 0 Å². The molecule has 3 nitrogen and oxygen atoms in total. The second-order valence-corrected chi connectivity index (χ2v) is 9.72. The zero-order chi connectivity index (χ0) is 12.8. The second kappa shape index (κ2) is 7.22. The highest BCUT2D eigenvalue weighted by Gasteiger charge is 2.41. The summed E-state index contributed by atoms with van der Waals surface area (Å²) in [5.41, 5.74) is 0. The first kappa shape index (κ1) is 15.8. The summed E-state index contributed by atoms with van der Waals surface area (Å²) in [5.74, 6) is 0. The lowest BCUT2D eigenvalue weighted by Gasteiger charge is -2.46. The van der Waals surface area contributed by atoms with Gasteiger partial charge < -0.3 is 13.7 Å². The van der Waals surface area contributed by atoms with Crippen LogP contribution in [0.5, 0.6) is 0 Å². The molecule has 0 heterocycles. The van der Waals surface area contributed by atoms with E-state index in [-0.39, 0.29) is 0 Å². The van der Waals surface area contributed by atoms with E-state index in [0.29, 0.717) is 0 Å². The van der Waals surface area contributed by atoms with E-state index in [1.807, 2.05) is 6.08 Å². The van der Waals surface area contributed by atoms with Crippen LogP contribution in [-0.2, 0) is 0 Å². The Kier molecular flexibility index (Phi) is 7.15. The van der Waals surface area contributed by atoms with Crippen molar-refractivity contribution >= 4 is 8.56 Å². The van der Waals surface area contributed by atoms with Crippen LogP contribution >= 0.6 is 0 Å². The zero-order valence-corrected chi connectivity index (χ0v) is 13.0. The molecule has 0 aliphatic heterocycles. The van der Waals surface area contributed by atoms with Gasteiger partial charge in [0.15, 0.2) is 0 Å². The molecule has 0 aromatic heterocycles. The smallest absolute Gasteiger partial charge is 0.288 e. The maximum atomic E-state index is 3.78. The minimum Gasteiger partial charge on any atom is -0.305 e. The van der Waals surface area contributed by atoms with Crippen molar-refractivity contribution in [3.63, 3.8) is 0 Å². The van der Waals surface area contributed by atoms with Gasteiger partial charge in [0.25, 0.3) is 8.56 Å². The minimum absolute atomic E-state index is 1.14. The molecule has 0 radical (unpaired) electrons. The number of hydrogen-bond acceptors (Lipinski definition) is 3. The average molecular weight is 243 g/mol. The summed E-state index contributed by atoms with van der Waals surface area (Å²) in [6.07, 6.45) is 5.70. The van der Waals surface area contributed by atoms with Crippen LogP contribution in [-0.4, -0.2) is 64.5 Å². The normalized spacial score (nSPS) is 12.8. The second-order valence-electron chi connectivity index (χ2n) is 4.99. The van der Waals surface area contributed by atoms with E-state index in [1.165, 1.54) is 18.9 Å². The minimum atomic E-state index is -1.61. The molecule has 0 aromatic rings. The fourth-order valence-corrected chi connectivity index (χ4v) is 6.99. The van der Waals surface area contributed by atoms with Gasteiger partial charge >= 0.3 is 0 Å². The van der Waals surface area contributed by atoms with Crippen molar-refractivity contribution in [1.82, 2.24) is 13.7 Å². The predicted octanol–water partition coefficient (Wildman–Crippen LogP) is 1.97. The lowest BCUT2D eigenvalue weighted by molar-refractivity contribution is 0.372. The van der Waals surface area contributed by atoms with E-state index in [4.69, 9.17) is 0 Å². The summed E-state index contributed by atoms with van der Waals surface area (Å²) < 4.78 is 7.29. The molecule has 4 heteroatoms. The van der Waals surface area contributed by atoms with Crippen molar-refractivity contribution in [3.05, 3.63) is 12.7 Å². The maximum Gasteiger partial charge on any atom is 0.288 e. The van der Waals surface area contributed by atoms with Crippen LogP contribution in [0.25, 0.3) is 0 Å². The van der Waals surface area contributed by atoms with E-state index in [1.54, 1.807) is 0 Å². The summed E-state index contributed by atoms with van der Waals surface area (Å²) in [7, 11) is 11.6. The standard InChI is InChI=1S/C12H29N3Si/c1-8-9-10-11-12-16(13(2)3,14(4)5)15(6)7/h8H,1,9-12H2,2-7H3. The van der Waals surface area contributed by atoms with Gasteiger partial charge in [0.2, 0.25) is 0 Å². The van der Waals surface area contributed by atoms with E-state index in [2.05, 4.69) is 62.6 Å². The fourth-order valence-electron chi connectivity index (χ4n) is 2.52. The SMILES string of the molecule is C=CCCCC[Si](N(C)C)(N(C)C)N(C)C. The van der Waals surface area contributed by atoms with Crippen molar-refractivity contribution in [2.45, 2.75) is 25.3 Å². The molecule has 0 saturated carbocycles. The summed E-state index contributed by atoms with van der Waals surface area (Å²) in [4.78, 5) is 0. The van der Waals surface area contributed by atoms with Crippen LogP contribution in [0.2, 0.25) is 6.04 Å². The molecule has 0 bridgehead atoms. The highest BCUT2D eigenvalue weighted by atomic mass is 28.4. The van der Waals surface area contributed by atoms with Gasteiger partial charge in [-0.2, -0.15) is 0 Å². The zero-order valence-electron chi connectivity index (χ0n) is 12.0. The van der Waals surface area contributed by atoms with Crippen molar-refractivity contribution in [2.24, 2.45) is 0 Å². The third-order valence-corrected chi connectivity index (χ3v) is 8.64. The Labute approximate surface area is 103 Å². The van der Waals surface area contributed by atoms with Gasteiger partial charge in [0, 0.05) is 0 Å². The molecular formula is C12H29N3Si. The summed E-state index contributed by atoms with van der Waals surface area (Å²) in [6, 6.07) is 1.29. The molecule has 0 atom stereocenters. The lowest BCUT2D eigenvalue weighted by Crippen LogP contribution is -2.69. The maximum absolute atomic E-state index is 3.78. The number of rotatable bonds is 8. The first-order valence-electron chi connectivity index (χ1n) is 6.02. The molecule has 0 rings (SSSR count). The molecular weight excluding hydrogens is 214 g/mol. The molecule has 0 amide bonds. The lowest BCUT2D eigenvalue weighted by atomic mass is 10.2. The van der Waals surface area contributed by atoms with Gasteiger partial charge in [0.1, 0.15) is 0 Å². The third-order valence-electron chi connectivity index (χ3n) is 3.32. The third kappa shape index (κ3) is 3.70. The van der Waals surface area contributed by atoms with Crippen LogP contribution in [0.4, 0.5) is 0 Å². The molecule has 16 heavy (non-hydrogen) atoms. The predicted molar refractivity (Wildman–Crippen MR) is 75.7 cm³/mol. The molecule has 0 saturated heterocycles. The van der Waals surface area contributed by atoms with Gasteiger partial charge in [-0.05, 0) is 61.2 Å². The Balaban J connectivity index is 4.57. The summed E-state index contributed by atoms with van der Waals surface area (Å²) in [5, 5.41) is 0. The van der Waals surface area contributed by atoms with Gasteiger partial charge in [0.05, 0.1) is 0 Å². The monoisotopic (exact) mass is 243 g/mol. The number of hydrogen-bond donors (Lipinski definition) is 0. The first-order valence-corrected chi connectivity index (χ1v) is 8.07. The van der Waals surface area contributed by atoms with Crippen LogP contribution < -0.4 is 0 Å². The Morgan fingerprint density at radius 1 is 0.875 bits per heavy atom.